The van der Waals surface area contributed by atoms with Crippen LogP contribution in [0.4, 0.5) is 0 Å². The minimum atomic E-state index is 0.220. The first-order valence-corrected chi connectivity index (χ1v) is 6.90. The molecule has 0 saturated heterocycles. The summed E-state index contributed by atoms with van der Waals surface area (Å²) >= 11 is 12.7. The monoisotopic (exact) mass is 312 g/mol. The van der Waals surface area contributed by atoms with Crippen LogP contribution in [0.5, 0.6) is 11.5 Å². The van der Waals surface area contributed by atoms with Crippen molar-refractivity contribution >= 4 is 45.2 Å². The van der Waals surface area contributed by atoms with E-state index in [2.05, 4.69) is 10.2 Å². The van der Waals surface area contributed by atoms with Gasteiger partial charge in [0.25, 0.3) is 10.7 Å². The van der Waals surface area contributed by atoms with Gasteiger partial charge in [-0.15, -0.1) is 16.4 Å². The van der Waals surface area contributed by atoms with E-state index in [1.807, 2.05) is 12.1 Å². The molecule has 1 aliphatic heterocycles. The van der Waals surface area contributed by atoms with Crippen molar-refractivity contribution in [2.45, 2.75) is 0 Å². The molecule has 2 aromatic heterocycles. The number of halogens is 1. The zero-order valence-corrected chi connectivity index (χ0v) is 11.6. The van der Waals surface area contributed by atoms with Gasteiger partial charge in [-0.3, -0.25) is 0 Å². The molecule has 0 bridgehead atoms. The Morgan fingerprint density at radius 1 is 1.32 bits per heavy atom. The molecule has 1 N–H and O–H groups in total. The first-order valence-electron chi connectivity index (χ1n) is 5.30. The van der Waals surface area contributed by atoms with E-state index in [9.17, 15) is 0 Å². The molecule has 4 rings (SSSR count). The van der Waals surface area contributed by atoms with Gasteiger partial charge < -0.3 is 13.9 Å². The van der Waals surface area contributed by atoms with Crippen LogP contribution in [-0.2, 0) is 0 Å². The zero-order chi connectivity index (χ0) is 13.0. The molecule has 0 unspecified atom stereocenters. The number of nitrogens with zero attached hydrogens (tertiary/aromatic N) is 1. The Morgan fingerprint density at radius 2 is 2.11 bits per heavy atom. The average molecular weight is 313 g/mol. The lowest BCUT2D eigenvalue weighted by Gasteiger charge is -1.95. The third kappa shape index (κ3) is 1.66. The van der Waals surface area contributed by atoms with E-state index in [1.54, 1.807) is 0 Å². The van der Waals surface area contributed by atoms with Crippen molar-refractivity contribution in [1.29, 1.82) is 0 Å². The van der Waals surface area contributed by atoms with Crippen molar-refractivity contribution < 1.29 is 13.9 Å². The first kappa shape index (κ1) is 11.3. The fraction of sp³-hybridized carbons (Fsp3) is 0.0909. The quantitative estimate of drug-likeness (QED) is 0.688. The molecule has 0 spiro atoms. The maximum Gasteiger partial charge on any atom is 0.284 e. The highest BCUT2D eigenvalue weighted by atomic mass is 35.5. The van der Waals surface area contributed by atoms with Crippen LogP contribution in [-0.4, -0.2) is 17.0 Å². The number of hydrogen-bond acceptors (Lipinski definition) is 6. The molecule has 19 heavy (non-hydrogen) atoms. The lowest BCUT2D eigenvalue weighted by Crippen LogP contribution is -1.92. The summed E-state index contributed by atoms with van der Waals surface area (Å²) in [5.74, 6) is 1.81. The molecule has 0 fully saturated rings. The summed E-state index contributed by atoms with van der Waals surface area (Å²) < 4.78 is 17.0. The molecule has 3 heterocycles. The minimum absolute atomic E-state index is 0.220. The molecular weight excluding hydrogens is 308 g/mol. The second kappa shape index (κ2) is 3.96. The van der Waals surface area contributed by atoms with Crippen LogP contribution >= 0.6 is 35.2 Å². The van der Waals surface area contributed by atoms with E-state index in [0.29, 0.717) is 16.7 Å². The smallest absolute Gasteiger partial charge is 0.284 e. The summed E-state index contributed by atoms with van der Waals surface area (Å²) in [5, 5.41) is 8.03. The van der Waals surface area contributed by atoms with Gasteiger partial charge in [0.1, 0.15) is 4.88 Å². The second-order valence-electron chi connectivity index (χ2n) is 3.87. The van der Waals surface area contributed by atoms with Crippen LogP contribution in [0.2, 0.25) is 5.02 Å². The summed E-state index contributed by atoms with van der Waals surface area (Å²) in [6, 6.07) is 3.76. The van der Waals surface area contributed by atoms with E-state index >= 15 is 0 Å². The molecule has 0 aliphatic carbocycles. The minimum Gasteiger partial charge on any atom is -0.454 e. The lowest BCUT2D eigenvalue weighted by molar-refractivity contribution is 0.174. The molecule has 0 radical (unpaired) electrons. The van der Waals surface area contributed by atoms with Crippen LogP contribution < -0.4 is 9.47 Å². The molecule has 96 valence electrons. The Labute approximate surface area is 120 Å². The number of nitrogens with one attached hydrogen (secondary N) is 1. The number of thiophene rings is 1. The summed E-state index contributed by atoms with van der Waals surface area (Å²) in [5.41, 5.74) is 0. The van der Waals surface area contributed by atoms with Gasteiger partial charge in [0, 0.05) is 16.2 Å². The molecule has 1 aromatic carbocycles. The highest BCUT2D eigenvalue weighted by Crippen LogP contribution is 2.46. The number of benzene rings is 1. The Balaban J connectivity index is 1.99. The van der Waals surface area contributed by atoms with E-state index in [4.69, 9.17) is 37.7 Å². The highest BCUT2D eigenvalue weighted by Gasteiger charge is 2.21. The Bertz CT molecular complexity index is 851. The molecule has 1 aliphatic rings. The molecule has 8 heteroatoms. The standard InChI is InChI=1S/C11H5ClN2O3S2/c12-8-4-1-5-6(16-3-15-5)2-7(4)19-9(8)10-13-14-11(18)17-10/h1-2H,3H2,(H,14,18). The van der Waals surface area contributed by atoms with Gasteiger partial charge in [0.15, 0.2) is 11.5 Å². The third-order valence-corrected chi connectivity index (χ3v) is 4.57. The molecule has 3 aromatic rings. The maximum absolute atomic E-state index is 6.37. The van der Waals surface area contributed by atoms with Crippen LogP contribution in [0.1, 0.15) is 0 Å². The third-order valence-electron chi connectivity index (χ3n) is 2.75. The fourth-order valence-corrected chi connectivity index (χ4v) is 3.49. The molecule has 5 nitrogen and oxygen atoms in total. The van der Waals surface area contributed by atoms with Gasteiger partial charge in [-0.05, 0) is 18.3 Å². The lowest BCUT2D eigenvalue weighted by atomic mass is 10.2. The normalized spacial score (nSPS) is 13.3. The van der Waals surface area contributed by atoms with Crippen LogP contribution in [0.25, 0.3) is 20.9 Å². The summed E-state index contributed by atoms with van der Waals surface area (Å²) in [4.78, 5) is 0.949. The SMILES string of the molecule is S=c1[nH]nc(-c2sc3cc4c(cc3c2Cl)OCO4)o1. The van der Waals surface area contributed by atoms with Gasteiger partial charge in [0.2, 0.25) is 6.79 Å². The van der Waals surface area contributed by atoms with Crippen LogP contribution in [0.15, 0.2) is 16.5 Å². The fourth-order valence-electron chi connectivity index (χ4n) is 1.92. The van der Waals surface area contributed by atoms with Gasteiger partial charge in [-0.2, -0.15) is 0 Å². The molecule has 0 amide bonds. The molecular formula is C11H5ClN2O3S2. The molecule has 0 atom stereocenters. The average Bonchev–Trinajstić information content (AvgIpc) is 3.07. The summed E-state index contributed by atoms with van der Waals surface area (Å²) in [6.07, 6.45) is 0. The van der Waals surface area contributed by atoms with Gasteiger partial charge >= 0.3 is 0 Å². The number of aromatic nitrogens is 2. The number of H-pyrrole nitrogens is 1. The van der Waals surface area contributed by atoms with Crippen molar-refractivity contribution in [3.8, 4) is 22.3 Å². The van der Waals surface area contributed by atoms with E-state index < -0.39 is 0 Å². The second-order valence-corrected chi connectivity index (χ2v) is 5.67. The van der Waals surface area contributed by atoms with E-state index in [-0.39, 0.29) is 11.6 Å². The number of aromatic amines is 1. The largest absolute Gasteiger partial charge is 0.454 e. The number of hydrogen-bond donors (Lipinski definition) is 1. The molecule has 0 saturated carbocycles. The number of fused-ring (bicyclic) bond motifs is 2. The van der Waals surface area contributed by atoms with Crippen LogP contribution in [0, 0.1) is 4.84 Å². The van der Waals surface area contributed by atoms with Crippen LogP contribution in [0.3, 0.4) is 0 Å². The first-order chi connectivity index (χ1) is 9.22. The Morgan fingerprint density at radius 3 is 2.84 bits per heavy atom. The van der Waals surface area contributed by atoms with Crippen molar-refractivity contribution in [3.63, 3.8) is 0 Å². The van der Waals surface area contributed by atoms with E-state index in [0.717, 1.165) is 20.7 Å². The highest BCUT2D eigenvalue weighted by molar-refractivity contribution is 7.71. The predicted octanol–water partition coefficient (Wildman–Crippen LogP) is 4.00. The van der Waals surface area contributed by atoms with Gasteiger partial charge in [0.05, 0.1) is 5.02 Å². The van der Waals surface area contributed by atoms with Gasteiger partial charge in [-0.1, -0.05) is 11.6 Å². The van der Waals surface area contributed by atoms with Gasteiger partial charge in [-0.25, -0.2) is 5.10 Å². The van der Waals surface area contributed by atoms with Crippen molar-refractivity contribution in [3.05, 3.63) is 22.0 Å². The summed E-state index contributed by atoms with van der Waals surface area (Å²) in [6.45, 7) is 0.241. The Kier molecular flexibility index (Phi) is 2.35. The topological polar surface area (TPSA) is 60.3 Å². The number of rotatable bonds is 1. The number of ether oxygens (including phenoxy) is 2. The predicted molar refractivity (Wildman–Crippen MR) is 73.6 cm³/mol. The van der Waals surface area contributed by atoms with Crippen molar-refractivity contribution in [2.75, 3.05) is 6.79 Å². The van der Waals surface area contributed by atoms with Crippen molar-refractivity contribution in [1.82, 2.24) is 10.2 Å². The summed E-state index contributed by atoms with van der Waals surface area (Å²) in [7, 11) is 0. The van der Waals surface area contributed by atoms with E-state index in [1.165, 1.54) is 11.3 Å². The van der Waals surface area contributed by atoms with Crippen molar-refractivity contribution in [2.24, 2.45) is 0 Å². The zero-order valence-electron chi connectivity index (χ0n) is 9.23. The maximum atomic E-state index is 6.37. The Hall–Kier alpha value is -1.57.